The number of fused-ring (bicyclic) bond motifs is 1. The molecule has 38 heavy (non-hydrogen) atoms. The van der Waals surface area contributed by atoms with E-state index < -0.39 is 11.6 Å². The number of benzene rings is 3. The minimum Gasteiger partial charge on any atom is -0.508 e. The highest BCUT2D eigenvalue weighted by Gasteiger charge is 2.25. The van der Waals surface area contributed by atoms with Crippen LogP contribution in [0.4, 0.5) is 17.6 Å². The number of rotatable bonds is 6. The minimum atomic E-state index is -0.623. The maximum atomic E-state index is 13.3. The number of hydrogen-bond acceptors (Lipinski definition) is 4. The van der Waals surface area contributed by atoms with Crippen LogP contribution in [0.25, 0.3) is 11.1 Å². The average Bonchev–Trinajstić information content (AvgIpc) is 2.87. The van der Waals surface area contributed by atoms with Gasteiger partial charge >= 0.3 is 0 Å². The molecule has 2 heterocycles. The Bertz CT molecular complexity index is 1180. The van der Waals surface area contributed by atoms with Crippen molar-refractivity contribution in [3.8, 4) is 17.2 Å². The predicted octanol–water partition coefficient (Wildman–Crippen LogP) is 6.94. The van der Waals surface area contributed by atoms with E-state index in [-0.39, 0.29) is 31.6 Å². The lowest BCUT2D eigenvalue weighted by atomic mass is 9.93. The number of para-hydroxylation sites is 1. The van der Waals surface area contributed by atoms with Crippen LogP contribution >= 0.6 is 0 Å². The van der Waals surface area contributed by atoms with Crippen molar-refractivity contribution in [1.82, 2.24) is 4.90 Å². The van der Waals surface area contributed by atoms with Gasteiger partial charge in [0.15, 0.2) is 0 Å². The summed E-state index contributed by atoms with van der Waals surface area (Å²) in [4.78, 5) is 2.22. The number of likely N-dealkylation sites (tertiary alicyclic amines) is 1. The number of nitrogens with zero attached hydrogens (tertiary/aromatic N) is 1. The second-order valence-corrected chi connectivity index (χ2v) is 8.94. The van der Waals surface area contributed by atoms with Crippen LogP contribution in [0.3, 0.4) is 0 Å². The molecule has 8 heteroatoms. The zero-order valence-electron chi connectivity index (χ0n) is 21.6. The average molecular weight is 532 g/mol. The monoisotopic (exact) mass is 531 g/mol. The third kappa shape index (κ3) is 8.25. The van der Waals surface area contributed by atoms with E-state index in [0.29, 0.717) is 23.5 Å². The molecule has 1 saturated heterocycles. The van der Waals surface area contributed by atoms with Crippen LogP contribution in [-0.4, -0.2) is 56.2 Å². The Morgan fingerprint density at radius 2 is 1.63 bits per heavy atom. The summed E-state index contributed by atoms with van der Waals surface area (Å²) in [6.45, 7) is 6.46. The lowest BCUT2D eigenvalue weighted by Crippen LogP contribution is -2.49. The molecule has 0 bridgehead atoms. The standard InChI is InChI=1S/C16H12F2O2.C12H16FNO.C2H5F/c1-9-14-7-13(19)2-3-16(14)20-8-15(9)10-4-11(17)6-12(18)5-10;13-8-11-9-14(10-11)6-7-15-12-4-2-1-3-5-12;1-2-3/h2-7,19H,8H2,1H3;1-5,11H,6-10H2;2H2,1H3. The Labute approximate surface area is 221 Å². The van der Waals surface area contributed by atoms with Gasteiger partial charge < -0.3 is 14.6 Å². The summed E-state index contributed by atoms with van der Waals surface area (Å²) in [5.41, 5.74) is 2.73. The fourth-order valence-electron chi connectivity index (χ4n) is 4.15. The van der Waals surface area contributed by atoms with E-state index in [1.165, 1.54) is 19.1 Å². The van der Waals surface area contributed by atoms with Crippen LogP contribution in [0.5, 0.6) is 17.2 Å². The third-order valence-corrected chi connectivity index (χ3v) is 6.07. The maximum absolute atomic E-state index is 13.3. The van der Waals surface area contributed by atoms with Crippen molar-refractivity contribution in [2.24, 2.45) is 5.92 Å². The summed E-state index contributed by atoms with van der Waals surface area (Å²) in [6.07, 6.45) is 0. The Kier molecular flexibility index (Phi) is 11.0. The van der Waals surface area contributed by atoms with Crippen molar-refractivity contribution in [3.05, 3.63) is 89.5 Å². The van der Waals surface area contributed by atoms with Gasteiger partial charge in [-0.15, -0.1) is 0 Å². The number of aromatic hydroxyl groups is 1. The van der Waals surface area contributed by atoms with Gasteiger partial charge in [-0.3, -0.25) is 13.7 Å². The molecule has 1 N–H and O–H groups in total. The molecule has 2 aliphatic heterocycles. The molecule has 2 aliphatic rings. The molecule has 0 atom stereocenters. The largest absolute Gasteiger partial charge is 0.508 e. The second kappa shape index (κ2) is 14.4. The topological polar surface area (TPSA) is 41.9 Å². The molecule has 5 rings (SSSR count). The zero-order chi connectivity index (χ0) is 27.5. The highest BCUT2D eigenvalue weighted by molar-refractivity contribution is 5.93. The number of halogens is 4. The van der Waals surface area contributed by atoms with E-state index in [1.807, 2.05) is 37.3 Å². The van der Waals surface area contributed by atoms with Gasteiger partial charge in [0.25, 0.3) is 0 Å². The predicted molar refractivity (Wildman–Crippen MR) is 142 cm³/mol. The molecular formula is C30H33F4NO3. The quantitative estimate of drug-likeness (QED) is 0.350. The Balaban J connectivity index is 0.000000198. The Morgan fingerprint density at radius 3 is 2.26 bits per heavy atom. The normalized spacial score (nSPS) is 14.7. The third-order valence-electron chi connectivity index (χ3n) is 6.07. The lowest BCUT2D eigenvalue weighted by Gasteiger charge is -2.37. The van der Waals surface area contributed by atoms with Gasteiger partial charge in [0.1, 0.15) is 42.1 Å². The SMILES string of the molecule is CC1=C(c2cc(F)cc(F)c2)COc2ccc(O)cc21.CCF.FCC1CN(CCOc2ccccc2)C1. The van der Waals surface area contributed by atoms with Gasteiger partial charge in [-0.1, -0.05) is 18.2 Å². The van der Waals surface area contributed by atoms with Crippen molar-refractivity contribution >= 4 is 11.1 Å². The van der Waals surface area contributed by atoms with E-state index >= 15 is 0 Å². The fourth-order valence-corrected chi connectivity index (χ4v) is 4.15. The van der Waals surface area contributed by atoms with Gasteiger partial charge in [0, 0.05) is 42.8 Å². The molecule has 3 aromatic rings. The molecule has 204 valence electrons. The minimum absolute atomic E-state index is 0.123. The van der Waals surface area contributed by atoms with Crippen LogP contribution in [0.15, 0.2) is 66.7 Å². The lowest BCUT2D eigenvalue weighted by molar-refractivity contribution is 0.0668. The Hall–Kier alpha value is -3.52. The molecule has 0 unspecified atom stereocenters. The van der Waals surface area contributed by atoms with Crippen molar-refractivity contribution in [3.63, 3.8) is 0 Å². The smallest absolute Gasteiger partial charge is 0.127 e. The highest BCUT2D eigenvalue weighted by atomic mass is 19.1. The van der Waals surface area contributed by atoms with Gasteiger partial charge in [0.05, 0.1) is 13.3 Å². The van der Waals surface area contributed by atoms with Crippen LogP contribution in [-0.2, 0) is 0 Å². The first kappa shape index (κ1) is 29.0. The summed E-state index contributed by atoms with van der Waals surface area (Å²) >= 11 is 0. The number of hydrogen-bond donors (Lipinski definition) is 1. The number of alkyl halides is 2. The first-order valence-electron chi connectivity index (χ1n) is 12.5. The van der Waals surface area contributed by atoms with E-state index in [2.05, 4.69) is 4.90 Å². The highest BCUT2D eigenvalue weighted by Crippen LogP contribution is 2.38. The Morgan fingerprint density at radius 1 is 0.974 bits per heavy atom. The number of ether oxygens (including phenoxy) is 2. The summed E-state index contributed by atoms with van der Waals surface area (Å²) in [5, 5.41) is 9.55. The summed E-state index contributed by atoms with van der Waals surface area (Å²) in [5.74, 6) is 0.699. The zero-order valence-corrected chi connectivity index (χ0v) is 21.6. The fraction of sp³-hybridized carbons (Fsp3) is 0.333. The summed E-state index contributed by atoms with van der Waals surface area (Å²) in [7, 11) is 0. The van der Waals surface area contributed by atoms with Crippen molar-refractivity contribution in [2.45, 2.75) is 13.8 Å². The molecule has 0 spiro atoms. The molecule has 0 radical (unpaired) electrons. The molecule has 3 aromatic carbocycles. The second-order valence-electron chi connectivity index (χ2n) is 8.94. The molecule has 4 nitrogen and oxygen atoms in total. The van der Waals surface area contributed by atoms with Gasteiger partial charge in [-0.25, -0.2) is 8.78 Å². The van der Waals surface area contributed by atoms with E-state index in [0.717, 1.165) is 42.6 Å². The maximum Gasteiger partial charge on any atom is 0.127 e. The van der Waals surface area contributed by atoms with Crippen LogP contribution < -0.4 is 9.47 Å². The van der Waals surface area contributed by atoms with Gasteiger partial charge in [-0.05, 0) is 67.4 Å². The molecule has 0 amide bonds. The molecule has 0 saturated carbocycles. The summed E-state index contributed by atoms with van der Waals surface area (Å²) in [6, 6.07) is 18.0. The van der Waals surface area contributed by atoms with Gasteiger partial charge in [-0.2, -0.15) is 0 Å². The molecule has 0 aliphatic carbocycles. The van der Waals surface area contributed by atoms with Crippen LogP contribution in [0, 0.1) is 17.6 Å². The van der Waals surface area contributed by atoms with Crippen molar-refractivity contribution < 1.29 is 32.1 Å². The first-order chi connectivity index (χ1) is 18.3. The van der Waals surface area contributed by atoms with Gasteiger partial charge in [0.2, 0.25) is 0 Å². The first-order valence-corrected chi connectivity index (χ1v) is 12.5. The number of phenols is 1. The van der Waals surface area contributed by atoms with Crippen molar-refractivity contribution in [1.29, 1.82) is 0 Å². The number of phenolic OH excluding ortho intramolecular Hbond substituents is 1. The van der Waals surface area contributed by atoms with E-state index in [1.54, 1.807) is 18.2 Å². The van der Waals surface area contributed by atoms with E-state index in [9.17, 15) is 22.7 Å². The van der Waals surface area contributed by atoms with Crippen LogP contribution in [0.2, 0.25) is 0 Å². The van der Waals surface area contributed by atoms with E-state index in [4.69, 9.17) is 9.47 Å². The molecular weight excluding hydrogens is 498 g/mol. The number of allylic oxidation sites excluding steroid dienone is 1. The molecule has 0 aromatic heterocycles. The molecule has 1 fully saturated rings. The summed E-state index contributed by atoms with van der Waals surface area (Å²) < 4.78 is 60.2. The van der Waals surface area contributed by atoms with Crippen molar-refractivity contribution in [2.75, 3.05) is 46.2 Å². The van der Waals surface area contributed by atoms with Crippen LogP contribution in [0.1, 0.15) is 25.0 Å².